The average Bonchev–Trinajstić information content (AvgIpc) is 2.97. The molecule has 3 aromatic rings. The van der Waals surface area contributed by atoms with Gasteiger partial charge in [0.2, 0.25) is 0 Å². The number of nitrogens with one attached hydrogen (secondary N) is 1. The molecule has 0 aliphatic rings. The van der Waals surface area contributed by atoms with Crippen molar-refractivity contribution in [1.82, 2.24) is 4.98 Å². The molecule has 0 aliphatic carbocycles. The van der Waals surface area contributed by atoms with E-state index in [-0.39, 0.29) is 4.90 Å². The zero-order valence-electron chi connectivity index (χ0n) is 14.2. The van der Waals surface area contributed by atoms with Crippen molar-refractivity contribution in [2.75, 3.05) is 11.3 Å². The number of anilines is 1. The van der Waals surface area contributed by atoms with Crippen molar-refractivity contribution in [2.45, 2.75) is 31.6 Å². The Morgan fingerprint density at radius 2 is 1.88 bits per heavy atom. The van der Waals surface area contributed by atoms with Crippen LogP contribution in [0, 0.1) is 0 Å². The van der Waals surface area contributed by atoms with Gasteiger partial charge in [0.15, 0.2) is 0 Å². The molecule has 0 aliphatic heterocycles. The van der Waals surface area contributed by atoms with E-state index in [1.54, 1.807) is 29.5 Å². The van der Waals surface area contributed by atoms with E-state index >= 15 is 0 Å². The van der Waals surface area contributed by atoms with Crippen LogP contribution in [-0.4, -0.2) is 20.0 Å². The largest absolute Gasteiger partial charge is 0.494 e. The highest BCUT2D eigenvalue weighted by atomic mass is 32.2. The lowest BCUT2D eigenvalue weighted by Crippen LogP contribution is -2.12. The van der Waals surface area contributed by atoms with Gasteiger partial charge in [0, 0.05) is 0 Å². The topological polar surface area (TPSA) is 68.3 Å². The number of sulfonamides is 1. The highest BCUT2D eigenvalue weighted by molar-refractivity contribution is 7.92. The lowest BCUT2D eigenvalue weighted by atomic mass is 10.3. The summed E-state index contributed by atoms with van der Waals surface area (Å²) in [6.45, 7) is 4.54. The molecule has 0 saturated carbocycles. The van der Waals surface area contributed by atoms with Crippen LogP contribution in [-0.2, 0) is 16.4 Å². The quantitative estimate of drug-likeness (QED) is 0.661. The molecule has 7 heteroatoms. The Morgan fingerprint density at radius 1 is 1.12 bits per heavy atom. The molecule has 5 nitrogen and oxygen atoms in total. The van der Waals surface area contributed by atoms with Gasteiger partial charge in [0.1, 0.15) is 5.75 Å². The van der Waals surface area contributed by atoms with E-state index in [9.17, 15) is 8.42 Å². The number of hydrogen-bond donors (Lipinski definition) is 1. The Kier molecular flexibility index (Phi) is 5.24. The molecule has 0 spiro atoms. The molecule has 2 aromatic carbocycles. The molecule has 0 bridgehead atoms. The summed E-state index contributed by atoms with van der Waals surface area (Å²) in [5.74, 6) is 0.649. The molecule has 0 amide bonds. The number of thiazole rings is 1. The number of nitrogens with zero attached hydrogens (tertiary/aromatic N) is 1. The van der Waals surface area contributed by atoms with Gasteiger partial charge in [-0.1, -0.05) is 6.92 Å². The Balaban J connectivity index is 1.83. The van der Waals surface area contributed by atoms with Crippen molar-refractivity contribution in [1.29, 1.82) is 0 Å². The molecular weight excluding hydrogens is 356 g/mol. The fourth-order valence-electron chi connectivity index (χ4n) is 2.45. The molecule has 25 heavy (non-hydrogen) atoms. The summed E-state index contributed by atoms with van der Waals surface area (Å²) in [5.41, 5.74) is 1.44. The van der Waals surface area contributed by atoms with Crippen LogP contribution < -0.4 is 9.46 Å². The molecule has 0 unspecified atom stereocenters. The molecule has 0 atom stereocenters. The first-order valence-electron chi connectivity index (χ1n) is 8.17. The molecule has 0 radical (unpaired) electrons. The van der Waals surface area contributed by atoms with E-state index in [1.807, 2.05) is 19.1 Å². The first-order valence-corrected chi connectivity index (χ1v) is 10.5. The Labute approximate surface area is 151 Å². The van der Waals surface area contributed by atoms with E-state index in [0.717, 1.165) is 28.1 Å². The molecular formula is C18H20N2O3S2. The Bertz CT molecular complexity index is 964. The van der Waals surface area contributed by atoms with Gasteiger partial charge in [-0.05, 0) is 62.2 Å². The number of rotatable bonds is 7. The predicted molar refractivity (Wildman–Crippen MR) is 102 cm³/mol. The van der Waals surface area contributed by atoms with E-state index in [0.29, 0.717) is 18.0 Å². The number of aromatic nitrogens is 1. The standard InChI is InChI=1S/C18H20N2O3S2/c1-3-5-18-19-16-11-6-13(12-17(16)24-18)20-25(21,22)15-9-7-14(8-10-15)23-4-2/h6-12,20H,3-5H2,1-2H3. The van der Waals surface area contributed by atoms with Crippen LogP contribution >= 0.6 is 11.3 Å². The Morgan fingerprint density at radius 3 is 2.56 bits per heavy atom. The van der Waals surface area contributed by atoms with Gasteiger partial charge in [-0.25, -0.2) is 13.4 Å². The summed E-state index contributed by atoms with van der Waals surface area (Å²) in [7, 11) is -3.64. The SMILES string of the molecule is CCCc1nc2ccc(NS(=O)(=O)c3ccc(OCC)cc3)cc2s1. The van der Waals surface area contributed by atoms with Crippen molar-refractivity contribution >= 4 is 37.3 Å². The molecule has 1 N–H and O–H groups in total. The van der Waals surface area contributed by atoms with Crippen molar-refractivity contribution in [3.63, 3.8) is 0 Å². The minimum absolute atomic E-state index is 0.201. The monoisotopic (exact) mass is 376 g/mol. The maximum absolute atomic E-state index is 12.6. The fraction of sp³-hybridized carbons (Fsp3) is 0.278. The summed E-state index contributed by atoms with van der Waals surface area (Å²) in [5, 5.41) is 1.07. The number of ether oxygens (including phenoxy) is 1. The minimum Gasteiger partial charge on any atom is -0.494 e. The average molecular weight is 377 g/mol. The van der Waals surface area contributed by atoms with Crippen molar-refractivity contribution in [3.8, 4) is 5.75 Å². The van der Waals surface area contributed by atoms with Crippen LogP contribution in [0.5, 0.6) is 5.75 Å². The predicted octanol–water partition coefficient (Wildman–Crippen LogP) is 4.45. The van der Waals surface area contributed by atoms with Gasteiger partial charge in [-0.2, -0.15) is 0 Å². The maximum Gasteiger partial charge on any atom is 0.261 e. The van der Waals surface area contributed by atoms with Crippen molar-refractivity contribution in [2.24, 2.45) is 0 Å². The zero-order chi connectivity index (χ0) is 17.9. The molecule has 3 rings (SSSR count). The third-order valence-corrected chi connectivity index (χ3v) is 6.07. The summed E-state index contributed by atoms with van der Waals surface area (Å²) in [6.07, 6.45) is 1.98. The van der Waals surface area contributed by atoms with E-state index < -0.39 is 10.0 Å². The van der Waals surface area contributed by atoms with Crippen molar-refractivity contribution in [3.05, 3.63) is 47.5 Å². The molecule has 1 heterocycles. The first kappa shape index (κ1) is 17.7. The third kappa shape index (κ3) is 4.11. The second-order valence-corrected chi connectivity index (χ2v) is 8.35. The highest BCUT2D eigenvalue weighted by Crippen LogP contribution is 2.27. The van der Waals surface area contributed by atoms with Gasteiger partial charge < -0.3 is 4.74 Å². The van der Waals surface area contributed by atoms with Crippen LogP contribution in [0.15, 0.2) is 47.4 Å². The van der Waals surface area contributed by atoms with Crippen molar-refractivity contribution < 1.29 is 13.2 Å². The summed E-state index contributed by atoms with van der Waals surface area (Å²) in [4.78, 5) is 4.75. The van der Waals surface area contributed by atoms with Gasteiger partial charge in [0.25, 0.3) is 10.0 Å². The molecule has 0 fully saturated rings. The van der Waals surface area contributed by atoms with Crippen LogP contribution in [0.1, 0.15) is 25.3 Å². The van der Waals surface area contributed by atoms with Gasteiger partial charge in [-0.15, -0.1) is 11.3 Å². The van der Waals surface area contributed by atoms with E-state index in [1.165, 1.54) is 12.1 Å². The Hall–Kier alpha value is -2.12. The summed E-state index contributed by atoms with van der Waals surface area (Å²) < 4.78 is 34.1. The smallest absolute Gasteiger partial charge is 0.261 e. The summed E-state index contributed by atoms with van der Waals surface area (Å²) >= 11 is 1.60. The van der Waals surface area contributed by atoms with Gasteiger partial charge in [-0.3, -0.25) is 4.72 Å². The molecule has 0 saturated heterocycles. The zero-order valence-corrected chi connectivity index (χ0v) is 15.8. The number of aryl methyl sites for hydroxylation is 1. The highest BCUT2D eigenvalue weighted by Gasteiger charge is 2.15. The number of benzene rings is 2. The first-order chi connectivity index (χ1) is 12.0. The number of fused-ring (bicyclic) bond motifs is 1. The van der Waals surface area contributed by atoms with Gasteiger partial charge in [0.05, 0.1) is 32.4 Å². The van der Waals surface area contributed by atoms with Crippen LogP contribution in [0.3, 0.4) is 0 Å². The lowest BCUT2D eigenvalue weighted by Gasteiger charge is -2.09. The fourth-order valence-corrected chi connectivity index (χ4v) is 4.61. The minimum atomic E-state index is -3.64. The maximum atomic E-state index is 12.6. The molecule has 1 aromatic heterocycles. The van der Waals surface area contributed by atoms with Crippen LogP contribution in [0.25, 0.3) is 10.2 Å². The van der Waals surface area contributed by atoms with Gasteiger partial charge >= 0.3 is 0 Å². The van der Waals surface area contributed by atoms with E-state index in [2.05, 4.69) is 16.6 Å². The third-order valence-electron chi connectivity index (χ3n) is 3.59. The van der Waals surface area contributed by atoms with Crippen LogP contribution in [0.2, 0.25) is 0 Å². The second kappa shape index (κ2) is 7.41. The van der Waals surface area contributed by atoms with E-state index in [4.69, 9.17) is 4.74 Å². The normalized spacial score (nSPS) is 11.6. The lowest BCUT2D eigenvalue weighted by molar-refractivity contribution is 0.340. The molecule has 132 valence electrons. The van der Waals surface area contributed by atoms with Crippen LogP contribution in [0.4, 0.5) is 5.69 Å². The number of hydrogen-bond acceptors (Lipinski definition) is 5. The second-order valence-electron chi connectivity index (χ2n) is 5.55. The summed E-state index contributed by atoms with van der Waals surface area (Å²) in [6, 6.07) is 11.8.